The van der Waals surface area contributed by atoms with E-state index in [0.717, 1.165) is 12.1 Å². The first kappa shape index (κ1) is 30.4. The second-order valence-corrected chi connectivity index (χ2v) is 10.3. The van der Waals surface area contributed by atoms with Crippen LogP contribution < -0.4 is 16.0 Å². The number of anilines is 3. The van der Waals surface area contributed by atoms with Gasteiger partial charge in [-0.25, -0.2) is 18.6 Å². The molecule has 1 aliphatic heterocycles. The summed E-state index contributed by atoms with van der Waals surface area (Å²) < 4.78 is 34.8. The minimum atomic E-state index is -1.11. The maximum Gasteiger partial charge on any atom is 0.412 e. The first-order chi connectivity index (χ1) is 21.2. The van der Waals surface area contributed by atoms with Gasteiger partial charge >= 0.3 is 6.09 Å². The van der Waals surface area contributed by atoms with Crippen LogP contribution in [0.3, 0.4) is 0 Å². The lowest BCUT2D eigenvalue weighted by Gasteiger charge is -2.19. The average molecular weight is 621 g/mol. The molecule has 1 aliphatic rings. The van der Waals surface area contributed by atoms with E-state index in [-0.39, 0.29) is 52.4 Å². The zero-order chi connectivity index (χ0) is 31.2. The van der Waals surface area contributed by atoms with E-state index in [1.165, 1.54) is 19.1 Å². The Kier molecular flexibility index (Phi) is 9.29. The number of amides is 3. The summed E-state index contributed by atoms with van der Waals surface area (Å²) in [7, 11) is 0. The number of nitrogens with zero attached hydrogens (tertiary/aromatic N) is 2. The van der Waals surface area contributed by atoms with Gasteiger partial charge in [0.2, 0.25) is 5.91 Å². The molecule has 4 N–H and O–H groups in total. The van der Waals surface area contributed by atoms with Crippen molar-refractivity contribution in [1.82, 2.24) is 15.0 Å². The van der Waals surface area contributed by atoms with Crippen molar-refractivity contribution in [2.24, 2.45) is 0 Å². The van der Waals surface area contributed by atoms with Crippen LogP contribution in [0.15, 0.2) is 60.8 Å². The molecule has 10 nitrogen and oxygen atoms in total. The molecule has 44 heavy (non-hydrogen) atoms. The number of carbonyl (C=O) groups is 3. The number of aromatic amines is 1. The summed E-state index contributed by atoms with van der Waals surface area (Å²) in [6, 6.07) is 10.0. The number of rotatable bonds is 5. The number of nitrogens with one attached hydrogen (secondary N) is 4. The van der Waals surface area contributed by atoms with Crippen LogP contribution in [0.4, 0.5) is 30.6 Å². The number of allylic oxidation sites excluding steroid dienone is 2. The molecular formula is C31H27ClF2N6O4. The number of H-pyrrole nitrogens is 1. The monoisotopic (exact) mass is 620 g/mol. The molecule has 3 heterocycles. The number of aromatic nitrogens is 3. The molecule has 0 saturated heterocycles. The lowest BCUT2D eigenvalue weighted by Crippen LogP contribution is -2.19. The standard InChI is InChI=1S/C31H27ClF2N6O4/c1-17-12-20(33)26(21(34)13-17)30(42)38-23-15-19(36-31(43)44-16-18-8-6-7-11-35-18)14-22-27(23)28-29(32)40-24(39-28)9-4-2-3-5-10-25(41)37-22/h2-3,6-8,11-15H,4-5,9-10,16H2,1H3,(H,36,43)(H,37,41)(H,38,42)(H,39,40). The van der Waals surface area contributed by atoms with Crippen LogP contribution in [-0.2, 0) is 22.6 Å². The predicted molar refractivity (Wildman–Crippen MR) is 161 cm³/mol. The number of fused-ring (bicyclic) bond motifs is 4. The molecular weight excluding hydrogens is 594 g/mol. The first-order valence-electron chi connectivity index (χ1n) is 13.7. The molecule has 0 unspecified atom stereocenters. The lowest BCUT2D eigenvalue weighted by atomic mass is 10.0. The molecule has 0 radical (unpaired) electrons. The van der Waals surface area contributed by atoms with Crippen molar-refractivity contribution >= 4 is 46.6 Å². The quantitative estimate of drug-likeness (QED) is 0.178. The van der Waals surface area contributed by atoms with E-state index in [2.05, 4.69) is 30.9 Å². The Morgan fingerprint density at radius 2 is 1.80 bits per heavy atom. The maximum atomic E-state index is 14.8. The van der Waals surface area contributed by atoms with Crippen molar-refractivity contribution in [1.29, 1.82) is 0 Å². The highest BCUT2D eigenvalue weighted by Crippen LogP contribution is 2.41. The largest absolute Gasteiger partial charge is 0.443 e. The molecule has 2 aromatic carbocycles. The van der Waals surface area contributed by atoms with E-state index in [4.69, 9.17) is 16.3 Å². The fourth-order valence-corrected chi connectivity index (χ4v) is 4.86. The number of ether oxygens (including phenoxy) is 1. The van der Waals surface area contributed by atoms with Gasteiger partial charge < -0.3 is 20.4 Å². The summed E-state index contributed by atoms with van der Waals surface area (Å²) >= 11 is 6.55. The molecule has 226 valence electrons. The van der Waals surface area contributed by atoms with Crippen LogP contribution >= 0.6 is 11.6 Å². The summed E-state index contributed by atoms with van der Waals surface area (Å²) in [4.78, 5) is 50.7. The molecule has 4 aromatic rings. The summed E-state index contributed by atoms with van der Waals surface area (Å²) in [5.74, 6) is -3.06. The smallest absolute Gasteiger partial charge is 0.412 e. The van der Waals surface area contributed by atoms with Crippen LogP contribution in [0.1, 0.15) is 46.7 Å². The highest BCUT2D eigenvalue weighted by Gasteiger charge is 2.25. The Morgan fingerprint density at radius 3 is 2.52 bits per heavy atom. The maximum absolute atomic E-state index is 14.8. The Hall–Kier alpha value is -5.10. The van der Waals surface area contributed by atoms with E-state index in [0.29, 0.717) is 36.3 Å². The molecule has 5 rings (SSSR count). The Bertz CT molecular complexity index is 1740. The molecule has 0 spiro atoms. The van der Waals surface area contributed by atoms with Crippen molar-refractivity contribution in [3.63, 3.8) is 0 Å². The highest BCUT2D eigenvalue weighted by atomic mass is 35.5. The van der Waals surface area contributed by atoms with E-state index in [9.17, 15) is 23.2 Å². The van der Waals surface area contributed by atoms with Gasteiger partial charge in [0.15, 0.2) is 0 Å². The van der Waals surface area contributed by atoms with Gasteiger partial charge in [0.1, 0.15) is 40.5 Å². The van der Waals surface area contributed by atoms with Gasteiger partial charge in [-0.15, -0.1) is 0 Å². The average Bonchev–Trinajstić information content (AvgIpc) is 3.33. The fourth-order valence-electron chi connectivity index (χ4n) is 4.61. The second-order valence-electron chi connectivity index (χ2n) is 9.97. The van der Waals surface area contributed by atoms with E-state index >= 15 is 0 Å². The third-order valence-electron chi connectivity index (χ3n) is 6.60. The topological polar surface area (TPSA) is 138 Å². The summed E-state index contributed by atoms with van der Waals surface area (Å²) in [6.07, 6.45) is 6.27. The van der Waals surface area contributed by atoms with E-state index in [1.807, 2.05) is 12.2 Å². The first-order valence-corrected chi connectivity index (χ1v) is 14.0. The lowest BCUT2D eigenvalue weighted by molar-refractivity contribution is -0.116. The predicted octanol–water partition coefficient (Wildman–Crippen LogP) is 6.93. The summed E-state index contributed by atoms with van der Waals surface area (Å²) in [5, 5.41) is 7.99. The van der Waals surface area contributed by atoms with Gasteiger partial charge in [-0.05, 0) is 61.7 Å². The van der Waals surface area contributed by atoms with Gasteiger partial charge in [-0.3, -0.25) is 19.9 Å². The molecule has 0 atom stereocenters. The van der Waals surface area contributed by atoms with Crippen LogP contribution in [0.5, 0.6) is 0 Å². The van der Waals surface area contributed by atoms with Crippen LogP contribution in [0.2, 0.25) is 5.15 Å². The number of halogens is 3. The van der Waals surface area contributed by atoms with Gasteiger partial charge in [0, 0.05) is 24.7 Å². The number of imidazole rings is 1. The minimum Gasteiger partial charge on any atom is -0.443 e. The summed E-state index contributed by atoms with van der Waals surface area (Å²) in [5.41, 5.74) is 0.492. The number of benzene rings is 2. The third kappa shape index (κ3) is 7.27. The van der Waals surface area contributed by atoms with Gasteiger partial charge in [0.25, 0.3) is 5.91 Å². The number of hydrogen-bond acceptors (Lipinski definition) is 6. The van der Waals surface area contributed by atoms with Crippen LogP contribution in [0.25, 0.3) is 11.3 Å². The SMILES string of the molecule is Cc1cc(F)c(C(=O)Nc2cc(NC(=O)OCc3ccccn3)cc3c2-c2nc([nH]c2Cl)CCC=CCCC(=O)N3)c(F)c1. The van der Waals surface area contributed by atoms with Gasteiger partial charge in [-0.1, -0.05) is 29.8 Å². The molecule has 3 amide bonds. The van der Waals surface area contributed by atoms with Crippen molar-refractivity contribution in [2.45, 2.75) is 39.2 Å². The van der Waals surface area contributed by atoms with E-state index in [1.54, 1.807) is 24.4 Å². The molecule has 2 aromatic heterocycles. The molecule has 0 aliphatic carbocycles. The number of pyridine rings is 1. The minimum absolute atomic E-state index is 0.0415. The molecule has 0 fully saturated rings. The summed E-state index contributed by atoms with van der Waals surface area (Å²) in [6.45, 7) is 1.37. The normalized spacial score (nSPS) is 13.0. The Balaban J connectivity index is 1.58. The van der Waals surface area contributed by atoms with Crippen molar-refractivity contribution < 1.29 is 27.9 Å². The Labute approximate surface area is 255 Å². The van der Waals surface area contributed by atoms with E-state index < -0.39 is 29.2 Å². The zero-order valence-electron chi connectivity index (χ0n) is 23.5. The molecule has 13 heteroatoms. The van der Waals surface area contributed by atoms with Gasteiger partial charge in [-0.2, -0.15) is 0 Å². The fraction of sp³-hybridized carbons (Fsp3) is 0.194. The van der Waals surface area contributed by atoms with Crippen LogP contribution in [0, 0.1) is 18.6 Å². The highest BCUT2D eigenvalue weighted by molar-refractivity contribution is 6.32. The number of aryl methyl sites for hydroxylation is 2. The second kappa shape index (κ2) is 13.5. The zero-order valence-corrected chi connectivity index (χ0v) is 24.2. The van der Waals surface area contributed by atoms with Crippen molar-refractivity contribution in [2.75, 3.05) is 16.0 Å². The van der Waals surface area contributed by atoms with Crippen molar-refractivity contribution in [3.05, 3.63) is 100 Å². The van der Waals surface area contributed by atoms with Crippen molar-refractivity contribution in [3.8, 4) is 11.3 Å². The van der Waals surface area contributed by atoms with Crippen LogP contribution in [-0.4, -0.2) is 32.9 Å². The number of hydrogen-bond donors (Lipinski definition) is 4. The van der Waals surface area contributed by atoms with Gasteiger partial charge in [0.05, 0.1) is 22.6 Å². The molecule has 2 bridgehead atoms. The molecule has 0 saturated carbocycles. The Morgan fingerprint density at radius 1 is 1.05 bits per heavy atom. The number of carbonyl (C=O) groups excluding carboxylic acids is 3. The third-order valence-corrected chi connectivity index (χ3v) is 6.87.